The van der Waals surface area contributed by atoms with E-state index in [4.69, 9.17) is 4.52 Å². The molecule has 0 saturated heterocycles. The molecule has 2 heterocycles. The van der Waals surface area contributed by atoms with Gasteiger partial charge in [-0.2, -0.15) is 0 Å². The zero-order valence-corrected chi connectivity index (χ0v) is 15.2. The molecule has 7 nitrogen and oxygen atoms in total. The van der Waals surface area contributed by atoms with E-state index < -0.39 is 5.95 Å². The van der Waals surface area contributed by atoms with Crippen molar-refractivity contribution in [2.45, 2.75) is 11.9 Å². The van der Waals surface area contributed by atoms with E-state index in [1.807, 2.05) is 61.7 Å². The molecule has 0 atom stereocenters. The standard InChI is InChI=1S/C19H16N4O3S/c1-12-2-5-15(6-3-12)23-18(19(25)26-22-23)27-11-17(24)21-14-4-7-16-13(10-14)8-9-20-16/h2-10,22,25H,11H2,1H3. The Bertz CT molecular complexity index is 1100. The molecule has 0 aliphatic rings. The summed E-state index contributed by atoms with van der Waals surface area (Å²) in [7, 11) is 0. The van der Waals surface area contributed by atoms with Crippen LogP contribution in [0.5, 0.6) is 5.95 Å². The van der Waals surface area contributed by atoms with Gasteiger partial charge in [0, 0.05) is 34.9 Å². The number of benzene rings is 2. The summed E-state index contributed by atoms with van der Waals surface area (Å²) < 4.78 is 6.18. The van der Waals surface area contributed by atoms with E-state index in [9.17, 15) is 9.90 Å². The van der Waals surface area contributed by atoms with Gasteiger partial charge in [0.2, 0.25) is 11.6 Å². The Hall–Kier alpha value is -3.26. The summed E-state index contributed by atoms with van der Waals surface area (Å²) in [4.78, 5) is 15.4. The van der Waals surface area contributed by atoms with E-state index in [1.165, 1.54) is 4.68 Å². The van der Waals surface area contributed by atoms with Crippen LogP contribution in [0.4, 0.5) is 5.69 Å². The Morgan fingerprint density at radius 3 is 2.89 bits per heavy atom. The van der Waals surface area contributed by atoms with E-state index in [0.717, 1.165) is 28.2 Å². The number of aryl methyl sites for hydroxylation is 1. The first-order chi connectivity index (χ1) is 13.1. The van der Waals surface area contributed by atoms with Crippen LogP contribution in [-0.2, 0) is 4.79 Å². The highest BCUT2D eigenvalue weighted by atomic mass is 32.2. The quantitative estimate of drug-likeness (QED) is 0.410. The molecular weight excluding hydrogens is 364 g/mol. The number of anilines is 1. The molecule has 27 heavy (non-hydrogen) atoms. The third-order valence-corrected chi connectivity index (χ3v) is 5.05. The number of hydrogen-bond donors (Lipinski definition) is 2. The average Bonchev–Trinajstić information content (AvgIpc) is 3.27. The maximum atomic E-state index is 12.3. The summed E-state index contributed by atoms with van der Waals surface area (Å²) >= 11 is 1.09. The number of nitrogens with zero attached hydrogens (tertiary/aromatic N) is 2. The highest BCUT2D eigenvalue weighted by Gasteiger charge is 2.22. The molecule has 0 aliphatic carbocycles. The molecule has 8 heteroatoms. The maximum absolute atomic E-state index is 12.3. The van der Waals surface area contributed by atoms with Crippen LogP contribution in [0.2, 0.25) is 0 Å². The fourth-order valence-electron chi connectivity index (χ4n) is 2.67. The highest BCUT2D eigenvalue weighted by molar-refractivity contribution is 7.99. The van der Waals surface area contributed by atoms with Crippen LogP contribution >= 0.6 is 11.8 Å². The Labute approximate surface area is 159 Å². The molecule has 0 unspecified atom stereocenters. The second-order valence-electron chi connectivity index (χ2n) is 6.03. The Kier molecular flexibility index (Phi) is 4.55. The van der Waals surface area contributed by atoms with E-state index in [2.05, 4.69) is 15.6 Å². The number of hydrogen-bond acceptors (Lipinski definition) is 5. The van der Waals surface area contributed by atoms with Gasteiger partial charge in [-0.1, -0.05) is 17.7 Å². The lowest BCUT2D eigenvalue weighted by Gasteiger charge is -2.04. The molecule has 136 valence electrons. The number of nitrogens with one attached hydrogen (secondary N) is 2. The molecule has 0 spiro atoms. The zero-order chi connectivity index (χ0) is 18.8. The van der Waals surface area contributed by atoms with Crippen molar-refractivity contribution in [1.82, 2.24) is 10.3 Å². The number of aromatic nitrogens is 3. The van der Waals surface area contributed by atoms with Crippen LogP contribution in [0.15, 0.2) is 64.3 Å². The monoisotopic (exact) mass is 380 g/mol. The molecule has 1 amide bonds. The largest absolute Gasteiger partial charge is 0.538 e. The van der Waals surface area contributed by atoms with Crippen LogP contribution in [0.25, 0.3) is 16.6 Å². The summed E-state index contributed by atoms with van der Waals surface area (Å²) in [5, 5.41) is 19.8. The number of thioether (sulfide) groups is 1. The Balaban J connectivity index is 1.46. The van der Waals surface area contributed by atoms with E-state index >= 15 is 0 Å². The fraction of sp³-hybridized carbons (Fsp3) is 0.105. The van der Waals surface area contributed by atoms with Gasteiger partial charge in [-0.3, -0.25) is 4.79 Å². The molecule has 2 N–H and O–H groups in total. The summed E-state index contributed by atoms with van der Waals surface area (Å²) in [5.74, 6) is -0.721. The number of rotatable bonds is 5. The number of fused-ring (bicyclic) bond motifs is 1. The molecule has 2 aromatic heterocycles. The van der Waals surface area contributed by atoms with Crippen LogP contribution in [0.3, 0.4) is 0 Å². The zero-order valence-electron chi connectivity index (χ0n) is 14.4. The number of carbonyl (C=O) groups excluding carboxylic acids is 1. The van der Waals surface area contributed by atoms with Gasteiger partial charge in [0.1, 0.15) is 0 Å². The van der Waals surface area contributed by atoms with Gasteiger partial charge < -0.3 is 19.9 Å². The number of H-pyrrole nitrogens is 1. The lowest BCUT2D eigenvalue weighted by atomic mass is 10.2. The van der Waals surface area contributed by atoms with Gasteiger partial charge in [0.05, 0.1) is 11.0 Å². The van der Waals surface area contributed by atoms with Crippen LogP contribution in [-0.4, -0.2) is 21.9 Å². The minimum absolute atomic E-state index is 0.0630. The molecule has 4 rings (SSSR count). The fourth-order valence-corrected chi connectivity index (χ4v) is 3.43. The summed E-state index contributed by atoms with van der Waals surface area (Å²) in [6, 6.07) is 15.1. The van der Waals surface area contributed by atoms with Gasteiger partial charge in [0.25, 0.3) is 5.03 Å². The van der Waals surface area contributed by atoms with Gasteiger partial charge >= 0.3 is 0 Å². The molecule has 0 saturated carbocycles. The van der Waals surface area contributed by atoms with Crippen molar-refractivity contribution >= 4 is 34.3 Å². The Morgan fingerprint density at radius 2 is 2.07 bits per heavy atom. The highest BCUT2D eigenvalue weighted by Crippen LogP contribution is 2.24. The predicted octanol–water partition coefficient (Wildman–Crippen LogP) is 2.55. The van der Waals surface area contributed by atoms with Crippen molar-refractivity contribution in [1.29, 1.82) is 0 Å². The minimum atomic E-state index is -0.567. The van der Waals surface area contributed by atoms with E-state index in [0.29, 0.717) is 11.4 Å². The van der Waals surface area contributed by atoms with Crippen molar-refractivity contribution < 1.29 is 19.1 Å². The van der Waals surface area contributed by atoms with Gasteiger partial charge in [0.15, 0.2) is 5.95 Å². The number of amides is 1. The molecule has 2 aromatic carbocycles. The van der Waals surface area contributed by atoms with Crippen molar-refractivity contribution in [2.24, 2.45) is 0 Å². The van der Waals surface area contributed by atoms with Crippen molar-refractivity contribution in [3.05, 3.63) is 60.3 Å². The third kappa shape index (κ3) is 3.65. The molecule has 0 bridgehead atoms. The molecule has 0 aliphatic heterocycles. The predicted molar refractivity (Wildman–Crippen MR) is 99.9 cm³/mol. The average molecular weight is 380 g/mol. The second-order valence-corrected chi connectivity index (χ2v) is 6.99. The first-order valence-electron chi connectivity index (χ1n) is 8.26. The smallest absolute Gasteiger partial charge is 0.298 e. The normalized spacial score (nSPS) is 11.0. The van der Waals surface area contributed by atoms with E-state index in [-0.39, 0.29) is 16.7 Å². The van der Waals surface area contributed by atoms with Crippen molar-refractivity contribution in [2.75, 3.05) is 11.1 Å². The summed E-state index contributed by atoms with van der Waals surface area (Å²) in [6.07, 6.45) is 1.84. The van der Waals surface area contributed by atoms with Crippen LogP contribution in [0.1, 0.15) is 5.56 Å². The van der Waals surface area contributed by atoms with Crippen LogP contribution in [0, 0.1) is 6.92 Å². The first-order valence-corrected chi connectivity index (χ1v) is 9.24. The van der Waals surface area contributed by atoms with Gasteiger partial charge in [-0.15, -0.1) is 0 Å². The van der Waals surface area contributed by atoms with Gasteiger partial charge in [-0.25, -0.2) is 0 Å². The topological polar surface area (TPSA) is 97.9 Å². The SMILES string of the molecule is Cc1ccc(-[n+]2noc([O-])c2SCC(=O)Nc2ccc3[nH]ccc3c2)cc1. The molecule has 0 radical (unpaired) electrons. The lowest BCUT2D eigenvalue weighted by molar-refractivity contribution is -0.705. The van der Waals surface area contributed by atoms with Crippen LogP contribution < -0.4 is 15.1 Å². The summed E-state index contributed by atoms with van der Waals surface area (Å²) in [6.45, 7) is 1.97. The third-order valence-electron chi connectivity index (χ3n) is 4.03. The lowest BCUT2D eigenvalue weighted by Crippen LogP contribution is -2.35. The second kappa shape index (κ2) is 7.16. The van der Waals surface area contributed by atoms with E-state index in [1.54, 1.807) is 0 Å². The molecule has 4 aromatic rings. The number of aromatic amines is 1. The van der Waals surface area contributed by atoms with Crippen molar-refractivity contribution in [3.63, 3.8) is 0 Å². The molecular formula is C19H16N4O3S. The summed E-state index contributed by atoms with van der Waals surface area (Å²) in [5.41, 5.74) is 3.50. The maximum Gasteiger partial charge on any atom is 0.298 e. The van der Waals surface area contributed by atoms with Gasteiger partial charge in [-0.05, 0) is 47.6 Å². The first kappa shape index (κ1) is 17.2. The minimum Gasteiger partial charge on any atom is -0.538 e. The number of carbonyl (C=O) groups is 1. The molecule has 0 fully saturated rings. The van der Waals surface area contributed by atoms with Crippen molar-refractivity contribution in [3.8, 4) is 11.6 Å². The Morgan fingerprint density at radius 1 is 1.26 bits per heavy atom.